The number of hydrogen-bond donors (Lipinski definition) is 2. The number of phenols is 1. The van der Waals surface area contributed by atoms with Crippen molar-refractivity contribution in [3.63, 3.8) is 0 Å². The molecule has 0 spiro atoms. The van der Waals surface area contributed by atoms with Crippen molar-refractivity contribution in [1.29, 1.82) is 0 Å². The summed E-state index contributed by atoms with van der Waals surface area (Å²) >= 11 is 13.7. The molecule has 1 aromatic carbocycles. The van der Waals surface area contributed by atoms with Crippen LogP contribution in [0.15, 0.2) is 29.8 Å². The number of nitrogens with two attached hydrogens (primary N) is 1. The van der Waals surface area contributed by atoms with Gasteiger partial charge in [-0.3, -0.25) is 24.1 Å². The third-order valence-electron chi connectivity index (χ3n) is 7.78. The van der Waals surface area contributed by atoms with E-state index in [0.29, 0.717) is 9.80 Å². The molecule has 202 valence electrons. The molecule has 10 nitrogen and oxygen atoms in total. The van der Waals surface area contributed by atoms with Crippen molar-refractivity contribution >= 4 is 52.9 Å². The topological polar surface area (TPSA) is 147 Å². The van der Waals surface area contributed by atoms with E-state index in [-0.39, 0.29) is 17.6 Å². The van der Waals surface area contributed by atoms with Gasteiger partial charge in [0.05, 0.1) is 11.8 Å². The Balaban J connectivity index is 1.74. The van der Waals surface area contributed by atoms with E-state index in [2.05, 4.69) is 4.74 Å². The summed E-state index contributed by atoms with van der Waals surface area (Å²) in [5.41, 5.74) is 5.11. The molecule has 5 rings (SSSR count). The molecule has 4 aliphatic rings. The molecule has 2 aliphatic carbocycles. The van der Waals surface area contributed by atoms with E-state index in [0.717, 1.165) is 25.2 Å². The lowest BCUT2D eigenvalue weighted by Gasteiger charge is -2.50. The van der Waals surface area contributed by atoms with Crippen LogP contribution in [0.4, 0.5) is 18.0 Å². The van der Waals surface area contributed by atoms with Crippen molar-refractivity contribution in [2.45, 2.75) is 34.9 Å². The molecule has 6 amide bonds. The van der Waals surface area contributed by atoms with Crippen LogP contribution in [0.3, 0.4) is 0 Å². The third-order valence-corrected chi connectivity index (χ3v) is 9.19. The lowest BCUT2D eigenvalue weighted by molar-refractivity contribution is -0.274. The molecular formula is C23H18Cl2F3N3O7. The summed E-state index contributed by atoms with van der Waals surface area (Å²) in [6.45, 7) is 0. The van der Waals surface area contributed by atoms with E-state index in [1.807, 2.05) is 0 Å². The molecule has 0 unspecified atom stereocenters. The number of rotatable bonds is 2. The number of urea groups is 1. The molecular weight excluding hydrogens is 558 g/mol. The number of aromatic hydroxyl groups is 1. The third kappa shape index (κ3) is 3.30. The zero-order valence-electron chi connectivity index (χ0n) is 19.3. The van der Waals surface area contributed by atoms with Crippen molar-refractivity contribution in [3.05, 3.63) is 35.4 Å². The zero-order valence-corrected chi connectivity index (χ0v) is 20.8. The number of primary amides is 1. The quantitative estimate of drug-likeness (QED) is 0.312. The number of carbonyl (C=O) groups excluding carboxylic acids is 5. The minimum absolute atomic E-state index is 0.110. The second-order valence-electron chi connectivity index (χ2n) is 9.62. The van der Waals surface area contributed by atoms with Crippen LogP contribution in [0, 0.1) is 17.8 Å². The van der Waals surface area contributed by atoms with E-state index in [1.165, 1.54) is 6.08 Å². The maximum atomic E-state index is 13.4. The van der Waals surface area contributed by atoms with Gasteiger partial charge in [-0.2, -0.15) is 4.90 Å². The number of carbonyl (C=O) groups is 5. The van der Waals surface area contributed by atoms with E-state index in [4.69, 9.17) is 28.9 Å². The maximum Gasteiger partial charge on any atom is 0.573 e. The predicted molar refractivity (Wildman–Crippen MR) is 122 cm³/mol. The fourth-order valence-electron chi connectivity index (χ4n) is 6.27. The number of amides is 6. The molecule has 3 fully saturated rings. The Morgan fingerprint density at radius 3 is 2.39 bits per heavy atom. The van der Waals surface area contributed by atoms with Crippen molar-refractivity contribution in [1.82, 2.24) is 9.80 Å². The average molecular weight is 576 g/mol. The van der Waals surface area contributed by atoms with E-state index in [1.54, 1.807) is 0 Å². The minimum atomic E-state index is -5.09. The number of fused-ring (bicyclic) bond motifs is 4. The number of benzene rings is 1. The molecule has 15 heteroatoms. The number of nitrogens with zero attached hydrogens (tertiary/aromatic N) is 2. The van der Waals surface area contributed by atoms with Gasteiger partial charge in [0, 0.05) is 18.5 Å². The fourth-order valence-corrected chi connectivity index (χ4v) is 7.28. The second-order valence-corrected chi connectivity index (χ2v) is 10.9. The Hall–Kier alpha value is -3.32. The number of ether oxygens (including phenoxy) is 1. The van der Waals surface area contributed by atoms with Gasteiger partial charge in [-0.05, 0) is 37.0 Å². The Morgan fingerprint density at radius 2 is 1.79 bits per heavy atom. The molecule has 1 saturated carbocycles. The molecule has 0 radical (unpaired) electrons. The van der Waals surface area contributed by atoms with Gasteiger partial charge in [-0.25, -0.2) is 4.79 Å². The Labute approximate surface area is 222 Å². The summed E-state index contributed by atoms with van der Waals surface area (Å²) in [4.78, 5) is 61.0. The van der Waals surface area contributed by atoms with E-state index >= 15 is 0 Å². The first kappa shape index (κ1) is 26.3. The average Bonchev–Trinajstić information content (AvgIpc) is 3.15. The van der Waals surface area contributed by atoms with Crippen LogP contribution in [-0.2, 0) is 19.2 Å². The summed E-state index contributed by atoms with van der Waals surface area (Å²) in [5.74, 6) is -9.87. The van der Waals surface area contributed by atoms with Gasteiger partial charge in [-0.15, -0.1) is 36.4 Å². The largest absolute Gasteiger partial charge is 0.573 e. The highest BCUT2D eigenvalue weighted by Crippen LogP contribution is 2.66. The van der Waals surface area contributed by atoms with Gasteiger partial charge in [-0.1, -0.05) is 11.6 Å². The summed E-state index contributed by atoms with van der Waals surface area (Å²) in [6.07, 6.45) is -4.15. The van der Waals surface area contributed by atoms with E-state index < -0.39 is 87.4 Å². The van der Waals surface area contributed by atoms with Gasteiger partial charge in [0.25, 0.3) is 11.8 Å². The van der Waals surface area contributed by atoms with Gasteiger partial charge in [0.15, 0.2) is 9.75 Å². The smallest absolute Gasteiger partial charge is 0.508 e. The number of imide groups is 4. The number of hydrogen-bond acceptors (Lipinski definition) is 7. The van der Waals surface area contributed by atoms with Crippen molar-refractivity contribution in [2.75, 3.05) is 7.05 Å². The Kier molecular flexibility index (Phi) is 5.60. The highest BCUT2D eigenvalue weighted by Gasteiger charge is 2.76. The molecule has 6 atom stereocenters. The lowest BCUT2D eigenvalue weighted by atomic mass is 9.56. The van der Waals surface area contributed by atoms with Crippen molar-refractivity contribution in [2.24, 2.45) is 23.5 Å². The van der Waals surface area contributed by atoms with Crippen LogP contribution >= 0.6 is 23.2 Å². The maximum absolute atomic E-state index is 13.4. The first-order chi connectivity index (χ1) is 17.5. The number of phenolic OH excluding ortho intramolecular Hbond substituents is 1. The van der Waals surface area contributed by atoms with Gasteiger partial charge in [0.2, 0.25) is 11.8 Å². The highest BCUT2D eigenvalue weighted by atomic mass is 35.5. The number of likely N-dealkylation sites (tertiary alicyclic amines) is 2. The number of alkyl halides is 5. The lowest BCUT2D eigenvalue weighted by Crippen LogP contribution is -2.60. The zero-order chi connectivity index (χ0) is 28.1. The summed E-state index contributed by atoms with van der Waals surface area (Å²) in [5, 5.41) is 10.7. The van der Waals surface area contributed by atoms with Crippen LogP contribution in [-0.4, -0.2) is 67.7 Å². The van der Waals surface area contributed by atoms with Crippen LogP contribution < -0.4 is 10.5 Å². The number of halogens is 5. The normalized spacial score (nSPS) is 34.6. The van der Waals surface area contributed by atoms with Gasteiger partial charge in [0.1, 0.15) is 11.5 Å². The monoisotopic (exact) mass is 575 g/mol. The first-order valence-corrected chi connectivity index (χ1v) is 12.0. The van der Waals surface area contributed by atoms with Crippen LogP contribution in [0.25, 0.3) is 0 Å². The van der Waals surface area contributed by atoms with Crippen LogP contribution in [0.1, 0.15) is 24.3 Å². The predicted octanol–water partition coefficient (Wildman–Crippen LogP) is 2.36. The summed E-state index contributed by atoms with van der Waals surface area (Å²) in [7, 11) is 1.12. The van der Waals surface area contributed by atoms with E-state index in [9.17, 15) is 42.3 Å². The first-order valence-electron chi connectivity index (χ1n) is 11.2. The van der Waals surface area contributed by atoms with Gasteiger partial charge < -0.3 is 15.6 Å². The van der Waals surface area contributed by atoms with Gasteiger partial charge >= 0.3 is 12.4 Å². The fraction of sp³-hybridized carbons (Fsp3) is 0.435. The molecule has 0 aromatic heterocycles. The molecule has 2 heterocycles. The van der Waals surface area contributed by atoms with Crippen LogP contribution in [0.5, 0.6) is 11.5 Å². The number of allylic oxidation sites excluding steroid dienone is 2. The van der Waals surface area contributed by atoms with Crippen LogP contribution in [0.2, 0.25) is 0 Å². The highest BCUT2D eigenvalue weighted by molar-refractivity contribution is 6.53. The SMILES string of the molecule is CN1C(=O)[C@]2(Cl)C[C@@H]3C(=CC[C@@H]4C(=O)N(C(N)=O)C(=O)[C@@H]43)[C@H](c3cc(OC(F)(F)F)ccc3O)[C@]2(Cl)C1=O. The molecule has 38 heavy (non-hydrogen) atoms. The molecule has 0 bridgehead atoms. The molecule has 1 aromatic rings. The summed E-state index contributed by atoms with van der Waals surface area (Å²) < 4.78 is 42.9. The Bertz CT molecular complexity index is 1370. The Morgan fingerprint density at radius 1 is 1.13 bits per heavy atom. The standard InChI is InChI=1S/C23H18Cl2F3N3O7/c1-30-18(35)21(24)7-12-9(3-4-10-14(12)17(34)31(16(10)33)20(29)37)15(22(21,25)19(30)36)11-6-8(2-5-13(11)32)38-23(26,27)28/h2-3,5-6,10,12,14-15,32H,4,7H2,1H3,(H2,29,37)/t10-,12+,14-,15+,21+,22-/m0/s1. The second kappa shape index (κ2) is 8.09. The molecule has 2 saturated heterocycles. The molecule has 2 aliphatic heterocycles. The van der Waals surface area contributed by atoms with Crippen molar-refractivity contribution < 1.29 is 47.0 Å². The molecule has 3 N–H and O–H groups in total. The summed E-state index contributed by atoms with van der Waals surface area (Å²) in [6, 6.07) is 1.26. The minimum Gasteiger partial charge on any atom is -0.508 e. The van der Waals surface area contributed by atoms with Crippen molar-refractivity contribution in [3.8, 4) is 11.5 Å².